The van der Waals surface area contributed by atoms with E-state index >= 15 is 0 Å². The van der Waals surface area contributed by atoms with Gasteiger partial charge in [-0.1, -0.05) is 12.1 Å². The highest BCUT2D eigenvalue weighted by atomic mass is 16.6. The fraction of sp³-hybridized carbons (Fsp3) is 0.0588. The van der Waals surface area contributed by atoms with E-state index in [-0.39, 0.29) is 17.0 Å². The van der Waals surface area contributed by atoms with Gasteiger partial charge in [0.05, 0.1) is 12.0 Å². The quantitative estimate of drug-likeness (QED) is 0.209. The van der Waals surface area contributed by atoms with Gasteiger partial charge < -0.3 is 9.47 Å². The standard InChI is InChI=1S/C17H12N2O5/c1-23-15-6-2-12(3-7-15)10-13(11-18)17(20)24-16-8-4-14(5-9-16)19(21)22/h2-10H,1H3/b13-10+. The van der Waals surface area contributed by atoms with Crippen molar-refractivity contribution in [1.29, 1.82) is 5.26 Å². The van der Waals surface area contributed by atoms with Gasteiger partial charge in [-0.25, -0.2) is 4.79 Å². The van der Waals surface area contributed by atoms with Crippen molar-refractivity contribution in [2.75, 3.05) is 7.11 Å². The molecule has 2 aromatic carbocycles. The molecular weight excluding hydrogens is 312 g/mol. The zero-order chi connectivity index (χ0) is 17.5. The first-order valence-electron chi connectivity index (χ1n) is 6.76. The highest BCUT2D eigenvalue weighted by Gasteiger charge is 2.13. The Labute approximate surface area is 137 Å². The third kappa shape index (κ3) is 4.18. The summed E-state index contributed by atoms with van der Waals surface area (Å²) in [6.07, 6.45) is 1.38. The van der Waals surface area contributed by atoms with Crippen LogP contribution < -0.4 is 9.47 Å². The highest BCUT2D eigenvalue weighted by Crippen LogP contribution is 2.19. The molecule has 0 unspecified atom stereocenters. The van der Waals surface area contributed by atoms with E-state index in [1.807, 2.05) is 0 Å². The first kappa shape index (κ1) is 16.7. The van der Waals surface area contributed by atoms with Crippen molar-refractivity contribution in [3.63, 3.8) is 0 Å². The number of esters is 1. The third-order valence-electron chi connectivity index (χ3n) is 3.03. The maximum Gasteiger partial charge on any atom is 0.354 e. The highest BCUT2D eigenvalue weighted by molar-refractivity contribution is 5.99. The minimum Gasteiger partial charge on any atom is -0.497 e. The van der Waals surface area contributed by atoms with Crippen LogP contribution >= 0.6 is 0 Å². The molecule has 0 aliphatic rings. The molecule has 0 aromatic heterocycles. The molecule has 0 spiro atoms. The van der Waals surface area contributed by atoms with Gasteiger partial charge in [-0.3, -0.25) is 10.1 Å². The summed E-state index contributed by atoms with van der Waals surface area (Å²) >= 11 is 0. The number of rotatable bonds is 5. The van der Waals surface area contributed by atoms with Crippen LogP contribution in [0, 0.1) is 21.4 Å². The van der Waals surface area contributed by atoms with Crippen molar-refractivity contribution >= 4 is 17.7 Å². The Balaban J connectivity index is 2.14. The second-order valence-electron chi connectivity index (χ2n) is 4.58. The van der Waals surface area contributed by atoms with Crippen molar-refractivity contribution in [1.82, 2.24) is 0 Å². The van der Waals surface area contributed by atoms with Gasteiger partial charge >= 0.3 is 5.97 Å². The summed E-state index contributed by atoms with van der Waals surface area (Å²) in [5, 5.41) is 19.7. The first-order chi connectivity index (χ1) is 11.5. The number of hydrogen-bond acceptors (Lipinski definition) is 6. The van der Waals surface area contributed by atoms with Crippen molar-refractivity contribution in [3.8, 4) is 17.6 Å². The lowest BCUT2D eigenvalue weighted by Gasteiger charge is -2.03. The van der Waals surface area contributed by atoms with Crippen LogP contribution in [0.3, 0.4) is 0 Å². The van der Waals surface area contributed by atoms with Gasteiger partial charge in [-0.2, -0.15) is 5.26 Å². The van der Waals surface area contributed by atoms with Gasteiger partial charge in [0, 0.05) is 12.1 Å². The average molecular weight is 324 g/mol. The summed E-state index contributed by atoms with van der Waals surface area (Å²) in [5.41, 5.74) is 0.315. The van der Waals surface area contributed by atoms with Gasteiger partial charge in [0.25, 0.3) is 5.69 Å². The summed E-state index contributed by atoms with van der Waals surface area (Å²) in [4.78, 5) is 22.0. The maximum atomic E-state index is 12.0. The van der Waals surface area contributed by atoms with E-state index in [1.54, 1.807) is 30.3 Å². The first-order valence-corrected chi connectivity index (χ1v) is 6.76. The lowest BCUT2D eigenvalue weighted by molar-refractivity contribution is -0.384. The molecule has 7 heteroatoms. The van der Waals surface area contributed by atoms with Crippen molar-refractivity contribution in [3.05, 3.63) is 69.8 Å². The van der Waals surface area contributed by atoms with Gasteiger partial charge in [0.15, 0.2) is 0 Å². The monoisotopic (exact) mass is 324 g/mol. The number of carbonyl (C=O) groups is 1. The van der Waals surface area contributed by atoms with E-state index < -0.39 is 10.9 Å². The minimum atomic E-state index is -0.845. The molecule has 0 radical (unpaired) electrons. The molecule has 0 amide bonds. The Bertz CT molecular complexity index is 818. The maximum absolute atomic E-state index is 12.0. The van der Waals surface area contributed by atoms with Crippen LogP contribution in [-0.2, 0) is 4.79 Å². The molecule has 2 aromatic rings. The Morgan fingerprint density at radius 3 is 2.21 bits per heavy atom. The number of non-ortho nitro benzene ring substituents is 1. The lowest BCUT2D eigenvalue weighted by atomic mass is 10.1. The summed E-state index contributed by atoms with van der Waals surface area (Å²) in [5.74, 6) is -0.0808. The smallest absolute Gasteiger partial charge is 0.354 e. The second kappa shape index (κ2) is 7.56. The van der Waals surface area contributed by atoms with Crippen LogP contribution in [-0.4, -0.2) is 18.0 Å². The van der Waals surface area contributed by atoms with E-state index in [1.165, 1.54) is 37.5 Å². The normalized spacial score (nSPS) is 10.6. The number of nitriles is 1. The van der Waals surface area contributed by atoms with Crippen LogP contribution in [0.2, 0.25) is 0 Å². The lowest BCUT2D eigenvalue weighted by Crippen LogP contribution is -2.10. The van der Waals surface area contributed by atoms with Crippen molar-refractivity contribution < 1.29 is 19.2 Å². The molecule has 24 heavy (non-hydrogen) atoms. The fourth-order valence-corrected chi connectivity index (χ4v) is 1.80. The predicted octanol–water partition coefficient (Wildman–Crippen LogP) is 3.12. The summed E-state index contributed by atoms with van der Waals surface area (Å²) in [6, 6.07) is 13.5. The van der Waals surface area contributed by atoms with E-state index in [0.29, 0.717) is 11.3 Å². The molecule has 0 aliphatic heterocycles. The molecule has 0 bridgehead atoms. The fourth-order valence-electron chi connectivity index (χ4n) is 1.80. The van der Waals surface area contributed by atoms with E-state index in [9.17, 15) is 14.9 Å². The van der Waals surface area contributed by atoms with Gasteiger partial charge in [-0.15, -0.1) is 0 Å². The Morgan fingerprint density at radius 1 is 1.12 bits per heavy atom. The SMILES string of the molecule is COc1ccc(/C=C(\C#N)C(=O)Oc2ccc([N+](=O)[O-])cc2)cc1. The number of carbonyl (C=O) groups excluding carboxylic acids is 1. The van der Waals surface area contributed by atoms with E-state index in [2.05, 4.69) is 0 Å². The van der Waals surface area contributed by atoms with Crippen LogP contribution in [0.25, 0.3) is 6.08 Å². The molecule has 0 saturated carbocycles. The Hall–Kier alpha value is -3.66. The number of methoxy groups -OCH3 is 1. The van der Waals surface area contributed by atoms with Gasteiger partial charge in [0.2, 0.25) is 0 Å². The molecule has 7 nitrogen and oxygen atoms in total. The van der Waals surface area contributed by atoms with Crippen LogP contribution in [0.5, 0.6) is 11.5 Å². The predicted molar refractivity (Wildman–Crippen MR) is 85.3 cm³/mol. The van der Waals surface area contributed by atoms with Crippen LogP contribution in [0.15, 0.2) is 54.1 Å². The Kier molecular flexibility index (Phi) is 5.26. The van der Waals surface area contributed by atoms with Crippen LogP contribution in [0.4, 0.5) is 5.69 Å². The van der Waals surface area contributed by atoms with E-state index in [4.69, 9.17) is 14.7 Å². The summed E-state index contributed by atoms with van der Waals surface area (Å²) in [7, 11) is 1.53. The third-order valence-corrected chi connectivity index (χ3v) is 3.03. The number of nitro groups is 1. The number of hydrogen-bond donors (Lipinski definition) is 0. The molecular formula is C17H12N2O5. The second-order valence-corrected chi connectivity index (χ2v) is 4.58. The van der Waals surface area contributed by atoms with Crippen molar-refractivity contribution in [2.45, 2.75) is 0 Å². The number of nitrogens with zero attached hydrogens (tertiary/aromatic N) is 2. The molecule has 0 N–H and O–H groups in total. The van der Waals surface area contributed by atoms with Crippen molar-refractivity contribution in [2.24, 2.45) is 0 Å². The number of benzene rings is 2. The zero-order valence-corrected chi connectivity index (χ0v) is 12.6. The molecule has 2 rings (SSSR count). The molecule has 120 valence electrons. The zero-order valence-electron chi connectivity index (χ0n) is 12.6. The molecule has 0 saturated heterocycles. The van der Waals surface area contributed by atoms with Crippen LogP contribution in [0.1, 0.15) is 5.56 Å². The Morgan fingerprint density at radius 2 is 1.71 bits per heavy atom. The van der Waals surface area contributed by atoms with Gasteiger partial charge in [0.1, 0.15) is 23.1 Å². The molecule has 0 heterocycles. The minimum absolute atomic E-state index is 0.112. The summed E-state index contributed by atoms with van der Waals surface area (Å²) in [6.45, 7) is 0. The van der Waals surface area contributed by atoms with Gasteiger partial charge in [-0.05, 0) is 35.9 Å². The largest absolute Gasteiger partial charge is 0.497 e. The number of ether oxygens (including phenoxy) is 2. The number of nitro benzene ring substituents is 1. The molecule has 0 fully saturated rings. The topological polar surface area (TPSA) is 102 Å². The molecule has 0 aliphatic carbocycles. The molecule has 0 atom stereocenters. The summed E-state index contributed by atoms with van der Waals surface area (Å²) < 4.78 is 10.1. The van der Waals surface area contributed by atoms with E-state index in [0.717, 1.165) is 0 Å². The average Bonchev–Trinajstić information content (AvgIpc) is 2.60.